The number of carbonyl (C=O) groups excluding carboxylic acids is 1. The van der Waals surface area contributed by atoms with Crippen LogP contribution in [-0.2, 0) is 4.79 Å². The molecule has 0 atom stereocenters. The second-order valence-corrected chi connectivity index (χ2v) is 4.83. The molecule has 1 N–H and O–H groups in total. The Bertz CT molecular complexity index is 397. The molecule has 1 fully saturated rings. The maximum Gasteiger partial charge on any atom is 0.226 e. The molecule has 1 saturated carbocycles. The monoisotopic (exact) mass is 233 g/mol. The fourth-order valence-electron chi connectivity index (χ4n) is 2.44. The van der Waals surface area contributed by atoms with Crippen LogP contribution in [0.15, 0.2) is 24.3 Å². The fourth-order valence-corrected chi connectivity index (χ4v) is 2.44. The molecule has 0 saturated heterocycles. The Labute approximate surface area is 102 Å². The lowest BCUT2D eigenvalue weighted by Gasteiger charge is -2.19. The van der Waals surface area contributed by atoms with Crippen LogP contribution in [0.5, 0.6) is 5.75 Å². The highest BCUT2D eigenvalue weighted by molar-refractivity contribution is 5.93. The van der Waals surface area contributed by atoms with Crippen molar-refractivity contribution >= 4 is 11.6 Å². The molecule has 3 nitrogen and oxygen atoms in total. The number of nitrogens with zero attached hydrogens (tertiary/aromatic N) is 1. The van der Waals surface area contributed by atoms with Gasteiger partial charge in [-0.3, -0.25) is 4.79 Å². The second kappa shape index (κ2) is 5.21. The number of anilines is 1. The molecule has 92 valence electrons. The van der Waals surface area contributed by atoms with Crippen molar-refractivity contribution in [2.24, 2.45) is 5.92 Å². The highest BCUT2D eigenvalue weighted by Crippen LogP contribution is 2.29. The van der Waals surface area contributed by atoms with Gasteiger partial charge in [0, 0.05) is 25.2 Å². The first-order valence-electron chi connectivity index (χ1n) is 6.22. The summed E-state index contributed by atoms with van der Waals surface area (Å²) in [5.74, 6) is 0.896. The van der Waals surface area contributed by atoms with Crippen LogP contribution in [0.4, 0.5) is 5.69 Å². The van der Waals surface area contributed by atoms with E-state index in [0.717, 1.165) is 5.69 Å². The number of hydrogen-bond donors (Lipinski definition) is 1. The Morgan fingerprint density at radius 2 is 2.12 bits per heavy atom. The number of amides is 1. The summed E-state index contributed by atoms with van der Waals surface area (Å²) >= 11 is 0. The number of benzene rings is 1. The summed E-state index contributed by atoms with van der Waals surface area (Å²) in [5, 5.41) is 9.39. The number of rotatable bonds is 3. The smallest absolute Gasteiger partial charge is 0.226 e. The second-order valence-electron chi connectivity index (χ2n) is 4.83. The largest absolute Gasteiger partial charge is 0.508 e. The molecule has 1 amide bonds. The molecule has 2 rings (SSSR count). The number of phenolic OH excluding ortho intramolecular Hbond substituents is 1. The van der Waals surface area contributed by atoms with Crippen LogP contribution < -0.4 is 4.90 Å². The molecule has 0 radical (unpaired) electrons. The van der Waals surface area contributed by atoms with E-state index in [1.807, 2.05) is 6.07 Å². The first kappa shape index (κ1) is 12.0. The van der Waals surface area contributed by atoms with Crippen LogP contribution >= 0.6 is 0 Å². The van der Waals surface area contributed by atoms with Gasteiger partial charge in [-0.2, -0.15) is 0 Å². The van der Waals surface area contributed by atoms with Crippen LogP contribution in [0.3, 0.4) is 0 Å². The van der Waals surface area contributed by atoms with E-state index in [2.05, 4.69) is 0 Å². The van der Waals surface area contributed by atoms with E-state index in [1.54, 1.807) is 30.1 Å². The van der Waals surface area contributed by atoms with Gasteiger partial charge in [0.15, 0.2) is 0 Å². The molecule has 0 aliphatic heterocycles. The predicted molar refractivity (Wildman–Crippen MR) is 68.1 cm³/mol. The molecule has 0 aromatic heterocycles. The van der Waals surface area contributed by atoms with Gasteiger partial charge >= 0.3 is 0 Å². The van der Waals surface area contributed by atoms with E-state index in [9.17, 15) is 9.90 Å². The van der Waals surface area contributed by atoms with Crippen molar-refractivity contribution in [1.29, 1.82) is 0 Å². The zero-order valence-corrected chi connectivity index (χ0v) is 10.2. The van der Waals surface area contributed by atoms with Gasteiger partial charge in [0.25, 0.3) is 0 Å². The van der Waals surface area contributed by atoms with Crippen molar-refractivity contribution in [3.8, 4) is 5.75 Å². The van der Waals surface area contributed by atoms with Crippen LogP contribution in [-0.4, -0.2) is 18.1 Å². The number of hydrogen-bond acceptors (Lipinski definition) is 2. The van der Waals surface area contributed by atoms with Crippen molar-refractivity contribution in [3.63, 3.8) is 0 Å². The molecule has 0 unspecified atom stereocenters. The lowest BCUT2D eigenvalue weighted by Crippen LogP contribution is -2.27. The highest BCUT2D eigenvalue weighted by atomic mass is 16.3. The first-order valence-corrected chi connectivity index (χ1v) is 6.22. The predicted octanol–water partition coefficient (Wildman–Crippen LogP) is 2.94. The first-order chi connectivity index (χ1) is 8.16. The Morgan fingerprint density at radius 1 is 1.41 bits per heavy atom. The van der Waals surface area contributed by atoms with Gasteiger partial charge in [0.1, 0.15) is 5.75 Å². The minimum Gasteiger partial charge on any atom is -0.508 e. The summed E-state index contributed by atoms with van der Waals surface area (Å²) < 4.78 is 0. The SMILES string of the molecule is CN(C(=O)CC1CCCC1)c1cccc(O)c1. The molecular weight excluding hydrogens is 214 g/mol. The average Bonchev–Trinajstić information content (AvgIpc) is 2.80. The van der Waals surface area contributed by atoms with E-state index < -0.39 is 0 Å². The molecule has 1 aliphatic rings. The Morgan fingerprint density at radius 3 is 2.76 bits per heavy atom. The van der Waals surface area contributed by atoms with Crippen molar-refractivity contribution in [2.75, 3.05) is 11.9 Å². The molecule has 1 aliphatic carbocycles. The lowest BCUT2D eigenvalue weighted by atomic mass is 10.0. The molecule has 17 heavy (non-hydrogen) atoms. The van der Waals surface area contributed by atoms with Gasteiger partial charge in [-0.1, -0.05) is 18.9 Å². The zero-order chi connectivity index (χ0) is 12.3. The fraction of sp³-hybridized carbons (Fsp3) is 0.500. The van der Waals surface area contributed by atoms with Crippen molar-refractivity contribution in [2.45, 2.75) is 32.1 Å². The van der Waals surface area contributed by atoms with Crippen LogP contribution in [0.2, 0.25) is 0 Å². The maximum atomic E-state index is 12.1. The topological polar surface area (TPSA) is 40.5 Å². The summed E-state index contributed by atoms with van der Waals surface area (Å²) in [6, 6.07) is 6.82. The third kappa shape index (κ3) is 2.99. The molecule has 0 bridgehead atoms. The van der Waals surface area contributed by atoms with E-state index in [4.69, 9.17) is 0 Å². The quantitative estimate of drug-likeness (QED) is 0.872. The minimum absolute atomic E-state index is 0.141. The van der Waals surface area contributed by atoms with Crippen molar-refractivity contribution < 1.29 is 9.90 Å². The molecule has 0 spiro atoms. The van der Waals surface area contributed by atoms with Crippen LogP contribution in [0.25, 0.3) is 0 Å². The number of carbonyl (C=O) groups is 1. The Kier molecular flexibility index (Phi) is 3.67. The number of phenols is 1. The van der Waals surface area contributed by atoms with E-state index >= 15 is 0 Å². The summed E-state index contributed by atoms with van der Waals surface area (Å²) in [4.78, 5) is 13.7. The van der Waals surface area contributed by atoms with Crippen molar-refractivity contribution in [3.05, 3.63) is 24.3 Å². The summed E-state index contributed by atoms with van der Waals surface area (Å²) in [5.41, 5.74) is 0.757. The van der Waals surface area contributed by atoms with Gasteiger partial charge in [-0.25, -0.2) is 0 Å². The zero-order valence-electron chi connectivity index (χ0n) is 10.2. The highest BCUT2D eigenvalue weighted by Gasteiger charge is 2.21. The molecular formula is C14H19NO2. The molecule has 3 heteroatoms. The standard InChI is InChI=1S/C14H19NO2/c1-15(12-7-4-8-13(16)10-12)14(17)9-11-5-2-3-6-11/h4,7-8,10-11,16H,2-3,5-6,9H2,1H3. The Hall–Kier alpha value is -1.51. The van der Waals surface area contributed by atoms with Crippen LogP contribution in [0, 0.1) is 5.92 Å². The van der Waals surface area contributed by atoms with E-state index in [0.29, 0.717) is 12.3 Å². The molecule has 1 aromatic carbocycles. The van der Waals surface area contributed by atoms with Gasteiger partial charge in [-0.15, -0.1) is 0 Å². The average molecular weight is 233 g/mol. The minimum atomic E-state index is 0.141. The lowest BCUT2D eigenvalue weighted by molar-refractivity contribution is -0.119. The van der Waals surface area contributed by atoms with Gasteiger partial charge in [0.05, 0.1) is 0 Å². The van der Waals surface area contributed by atoms with Crippen LogP contribution in [0.1, 0.15) is 32.1 Å². The molecule has 0 heterocycles. The van der Waals surface area contributed by atoms with Gasteiger partial charge < -0.3 is 10.0 Å². The third-order valence-electron chi connectivity index (χ3n) is 3.53. The normalized spacial score (nSPS) is 16.1. The maximum absolute atomic E-state index is 12.1. The summed E-state index contributed by atoms with van der Waals surface area (Å²) in [6.07, 6.45) is 5.51. The summed E-state index contributed by atoms with van der Waals surface area (Å²) in [6.45, 7) is 0. The van der Waals surface area contributed by atoms with E-state index in [1.165, 1.54) is 25.7 Å². The summed E-state index contributed by atoms with van der Waals surface area (Å²) in [7, 11) is 1.77. The number of aromatic hydroxyl groups is 1. The van der Waals surface area contributed by atoms with E-state index in [-0.39, 0.29) is 11.7 Å². The van der Waals surface area contributed by atoms with Gasteiger partial charge in [0.2, 0.25) is 5.91 Å². The molecule has 1 aromatic rings. The Balaban J connectivity index is 1.98. The van der Waals surface area contributed by atoms with Crippen molar-refractivity contribution in [1.82, 2.24) is 0 Å². The van der Waals surface area contributed by atoms with Gasteiger partial charge in [-0.05, 0) is 30.9 Å². The third-order valence-corrected chi connectivity index (χ3v) is 3.53.